The van der Waals surface area contributed by atoms with E-state index in [0.29, 0.717) is 75.3 Å². The van der Waals surface area contributed by atoms with Crippen molar-refractivity contribution in [2.75, 3.05) is 25.6 Å². The summed E-state index contributed by atoms with van der Waals surface area (Å²) in [5, 5.41) is 49.9. The van der Waals surface area contributed by atoms with Gasteiger partial charge in [0.2, 0.25) is 0 Å². The van der Waals surface area contributed by atoms with Crippen LogP contribution in [0, 0.1) is 6.92 Å². The quantitative estimate of drug-likeness (QED) is 0.0402. The number of carbonyl (C=O) groups excluding carboxylic acids is 1. The van der Waals surface area contributed by atoms with Crippen LogP contribution in [0.2, 0.25) is 0 Å². The molecule has 0 saturated carbocycles. The van der Waals surface area contributed by atoms with E-state index in [9.17, 15) is 25.2 Å². The van der Waals surface area contributed by atoms with Crippen molar-refractivity contribution in [1.82, 2.24) is 10.5 Å². The molecule has 6 N–H and O–H groups in total. The fourth-order valence-corrected chi connectivity index (χ4v) is 7.13. The summed E-state index contributed by atoms with van der Waals surface area (Å²) in [6.45, 7) is 2.11. The van der Waals surface area contributed by atoms with Gasteiger partial charge in [0.1, 0.15) is 17.6 Å². The number of unbranched alkanes of at least 4 members (excludes halogenated alkanes) is 7. The summed E-state index contributed by atoms with van der Waals surface area (Å²) in [4.78, 5) is 12.7. The van der Waals surface area contributed by atoms with Crippen molar-refractivity contribution < 1.29 is 44.0 Å². The summed E-state index contributed by atoms with van der Waals surface area (Å²) >= 11 is 0. The highest BCUT2D eigenvalue weighted by atomic mass is 16.5. The molecule has 2 heterocycles. The van der Waals surface area contributed by atoms with Crippen LogP contribution in [0.25, 0.3) is 22.6 Å². The van der Waals surface area contributed by atoms with Gasteiger partial charge in [-0.1, -0.05) is 61.4 Å². The molecular weight excluding hydrogens is 727 g/mol. The van der Waals surface area contributed by atoms with Crippen molar-refractivity contribution >= 4 is 11.6 Å². The number of nitrogens with one attached hydrogen (secondary N) is 2. The smallest absolute Gasteiger partial charge is 0.255 e. The molecule has 302 valence electrons. The zero-order chi connectivity index (χ0) is 40.1. The average Bonchev–Trinajstić information content (AvgIpc) is 3.74. The van der Waals surface area contributed by atoms with Gasteiger partial charge in [0.15, 0.2) is 17.3 Å². The van der Waals surface area contributed by atoms with E-state index in [0.717, 1.165) is 73.7 Å². The fraction of sp³-hybridized carbons (Fsp3) is 0.378. The standard InChI is InChI=1S/C45H53N3O9/c1-29-11-14-38-36(19-29)45(53)47-44(46-38)31-13-15-40(35(20-31)27-51)55-17-9-7-5-3-4-6-8-10-18-56-43-23-30(12-16-41(43)54-2)42-24-39(48-57-42)32-21-33(25-49)37(28-52)34(22-32)26-50/h11-16,19-24,44,46,49-52H,3-10,17-18,25-28H2,1-2H3,(H,47,53). The molecule has 12 nitrogen and oxygen atoms in total. The number of aromatic nitrogens is 1. The van der Waals surface area contributed by atoms with E-state index in [1.54, 1.807) is 25.3 Å². The number of anilines is 1. The second-order valence-corrected chi connectivity index (χ2v) is 14.3. The van der Waals surface area contributed by atoms with Crippen molar-refractivity contribution in [3.8, 4) is 39.8 Å². The van der Waals surface area contributed by atoms with Crippen LogP contribution in [0.3, 0.4) is 0 Å². The zero-order valence-electron chi connectivity index (χ0n) is 32.7. The number of aryl methyl sites for hydroxylation is 1. The van der Waals surface area contributed by atoms with Gasteiger partial charge in [-0.25, -0.2) is 0 Å². The summed E-state index contributed by atoms with van der Waals surface area (Å²) in [7, 11) is 1.61. The van der Waals surface area contributed by atoms with Crippen LogP contribution in [0.5, 0.6) is 17.2 Å². The highest BCUT2D eigenvalue weighted by molar-refractivity contribution is 6.01. The second-order valence-electron chi connectivity index (χ2n) is 14.3. The topological polar surface area (TPSA) is 176 Å². The number of hydrogen-bond acceptors (Lipinski definition) is 11. The highest BCUT2D eigenvalue weighted by Gasteiger charge is 2.25. The number of fused-ring (bicyclic) bond motifs is 1. The van der Waals surface area contributed by atoms with E-state index in [2.05, 4.69) is 15.8 Å². The number of rotatable bonds is 21. The number of amides is 1. The van der Waals surface area contributed by atoms with Gasteiger partial charge in [0, 0.05) is 28.4 Å². The maximum Gasteiger partial charge on any atom is 0.255 e. The Morgan fingerprint density at radius 2 is 1.30 bits per heavy atom. The molecule has 0 radical (unpaired) electrons. The maximum atomic E-state index is 12.7. The summed E-state index contributed by atoms with van der Waals surface area (Å²) in [6.07, 6.45) is 8.15. The Balaban J connectivity index is 0.879. The van der Waals surface area contributed by atoms with E-state index in [4.69, 9.17) is 18.7 Å². The number of aliphatic hydroxyl groups excluding tert-OH is 4. The third-order valence-corrected chi connectivity index (χ3v) is 10.3. The Bertz CT molecular complexity index is 2090. The van der Waals surface area contributed by atoms with Crippen molar-refractivity contribution in [2.45, 2.75) is 90.9 Å². The molecule has 1 aromatic heterocycles. The molecule has 0 spiro atoms. The van der Waals surface area contributed by atoms with Gasteiger partial charge in [-0.2, -0.15) is 0 Å². The van der Waals surface area contributed by atoms with Gasteiger partial charge < -0.3 is 49.8 Å². The first-order chi connectivity index (χ1) is 27.8. The number of hydrogen-bond donors (Lipinski definition) is 6. The van der Waals surface area contributed by atoms with Gasteiger partial charge >= 0.3 is 0 Å². The molecule has 1 unspecified atom stereocenters. The van der Waals surface area contributed by atoms with Crippen molar-refractivity contribution in [3.63, 3.8) is 0 Å². The number of benzene rings is 4. The van der Waals surface area contributed by atoms with Crippen molar-refractivity contribution in [1.29, 1.82) is 0 Å². The minimum absolute atomic E-state index is 0.125. The first-order valence-electron chi connectivity index (χ1n) is 19.7. The summed E-state index contributed by atoms with van der Waals surface area (Å²) in [5.74, 6) is 2.31. The molecule has 1 aliphatic rings. The number of ether oxygens (including phenoxy) is 3. The Morgan fingerprint density at radius 1 is 0.649 bits per heavy atom. The van der Waals surface area contributed by atoms with Crippen molar-refractivity contribution in [3.05, 3.63) is 112 Å². The van der Waals surface area contributed by atoms with Gasteiger partial charge in [0.25, 0.3) is 5.91 Å². The molecule has 5 aromatic rings. The first-order valence-corrected chi connectivity index (χ1v) is 19.7. The van der Waals surface area contributed by atoms with Crippen LogP contribution >= 0.6 is 0 Å². The third-order valence-electron chi connectivity index (χ3n) is 10.3. The van der Waals surface area contributed by atoms with E-state index in [-0.39, 0.29) is 32.3 Å². The lowest BCUT2D eigenvalue weighted by Gasteiger charge is -2.29. The lowest BCUT2D eigenvalue weighted by atomic mass is 9.97. The SMILES string of the molecule is COc1ccc(-c2cc(-c3cc(CO)c(CO)c(CO)c3)no2)cc1OCCCCCCCCCCOc1ccc(C2NC(=O)c3cc(C)ccc3N2)cc1CO. The molecule has 0 aliphatic carbocycles. The predicted octanol–water partition coefficient (Wildman–Crippen LogP) is 7.73. The lowest BCUT2D eigenvalue weighted by molar-refractivity contribution is 0.0935. The van der Waals surface area contributed by atoms with E-state index < -0.39 is 6.17 Å². The number of nitrogens with zero attached hydrogens (tertiary/aromatic N) is 1. The molecular formula is C45H53N3O9. The number of methoxy groups -OCH3 is 1. The normalized spacial score (nSPS) is 13.5. The lowest BCUT2D eigenvalue weighted by Crippen LogP contribution is -2.38. The molecule has 1 amide bonds. The van der Waals surface area contributed by atoms with E-state index >= 15 is 0 Å². The van der Waals surface area contributed by atoms with E-state index in [1.165, 1.54) is 0 Å². The van der Waals surface area contributed by atoms with Crippen molar-refractivity contribution in [2.24, 2.45) is 0 Å². The largest absolute Gasteiger partial charge is 0.493 e. The summed E-state index contributed by atoms with van der Waals surface area (Å²) in [5.41, 5.74) is 7.52. The minimum atomic E-state index is -0.391. The Labute approximate surface area is 333 Å². The Kier molecular flexibility index (Phi) is 14.6. The Hall–Kier alpha value is -5.40. The molecule has 4 aromatic carbocycles. The zero-order valence-corrected chi connectivity index (χ0v) is 32.7. The predicted molar refractivity (Wildman–Crippen MR) is 217 cm³/mol. The number of aliphatic hydroxyl groups is 4. The molecule has 6 rings (SSSR count). The molecule has 12 heteroatoms. The average molecular weight is 780 g/mol. The fourth-order valence-electron chi connectivity index (χ4n) is 7.13. The summed E-state index contributed by atoms with van der Waals surface area (Å²) < 4.78 is 23.4. The molecule has 57 heavy (non-hydrogen) atoms. The van der Waals surface area contributed by atoms with Crippen LogP contribution in [0.4, 0.5) is 5.69 Å². The van der Waals surface area contributed by atoms with Gasteiger partial charge in [-0.05, 0) is 96.6 Å². The van der Waals surface area contributed by atoms with Crippen LogP contribution in [0.1, 0.15) is 101 Å². The van der Waals surface area contributed by atoms with Gasteiger partial charge in [0.05, 0.1) is 52.3 Å². The molecule has 1 atom stereocenters. The molecule has 0 saturated heterocycles. The monoisotopic (exact) mass is 779 g/mol. The minimum Gasteiger partial charge on any atom is -0.493 e. The maximum absolute atomic E-state index is 12.7. The van der Waals surface area contributed by atoms with Gasteiger partial charge in [-0.15, -0.1) is 0 Å². The van der Waals surface area contributed by atoms with Crippen LogP contribution < -0.4 is 24.8 Å². The summed E-state index contributed by atoms with van der Waals surface area (Å²) in [6, 6.07) is 22.3. The first kappa shape index (κ1) is 41.2. The molecule has 1 aliphatic heterocycles. The second kappa shape index (κ2) is 20.1. The molecule has 0 bridgehead atoms. The van der Waals surface area contributed by atoms with Crippen LogP contribution in [0.15, 0.2) is 77.3 Å². The molecule has 0 fully saturated rings. The van der Waals surface area contributed by atoms with Gasteiger partial charge in [-0.3, -0.25) is 4.79 Å². The number of carbonyl (C=O) groups is 1. The van der Waals surface area contributed by atoms with Crippen LogP contribution in [-0.2, 0) is 26.4 Å². The highest BCUT2D eigenvalue weighted by Crippen LogP contribution is 2.35. The Morgan fingerprint density at radius 3 is 1.95 bits per heavy atom. The van der Waals surface area contributed by atoms with E-state index in [1.807, 2.05) is 61.5 Å². The third kappa shape index (κ3) is 10.3. The van der Waals surface area contributed by atoms with Crippen LogP contribution in [-0.4, -0.2) is 51.8 Å².